The van der Waals surface area contributed by atoms with Gasteiger partial charge in [0.1, 0.15) is 5.75 Å². The molecule has 0 bridgehead atoms. The highest BCUT2D eigenvalue weighted by Gasteiger charge is 2.28. The van der Waals surface area contributed by atoms with Crippen LogP contribution in [0.5, 0.6) is 5.75 Å². The Morgan fingerprint density at radius 1 is 1.47 bits per heavy atom. The lowest BCUT2D eigenvalue weighted by molar-refractivity contribution is 0.365. The van der Waals surface area contributed by atoms with Gasteiger partial charge in [0.15, 0.2) is 5.17 Å². The highest BCUT2D eigenvalue weighted by atomic mass is 35.5. The Morgan fingerprint density at radius 3 is 2.76 bits per heavy atom. The normalized spacial score (nSPS) is 19.8. The molecule has 1 atom stereocenters. The van der Waals surface area contributed by atoms with Gasteiger partial charge in [-0.1, -0.05) is 23.9 Å². The lowest BCUT2D eigenvalue weighted by Crippen LogP contribution is -2.34. The number of halogens is 1. The van der Waals surface area contributed by atoms with Crippen LogP contribution in [0.1, 0.15) is 5.56 Å². The molecule has 0 saturated carbocycles. The fourth-order valence-electron chi connectivity index (χ4n) is 1.77. The standard InChI is InChI=1S/C12H15ClN2OS/c1-16-11-4-2-9(3-5-11)7-15-10(6-13)8-17-12(15)14/h2-5,10,14H,6-8H2,1H3. The summed E-state index contributed by atoms with van der Waals surface area (Å²) in [4.78, 5) is 2.06. The fourth-order valence-corrected chi connectivity index (χ4v) is 3.20. The highest BCUT2D eigenvalue weighted by Crippen LogP contribution is 2.26. The van der Waals surface area contributed by atoms with E-state index in [0.29, 0.717) is 11.0 Å². The molecular weight excluding hydrogens is 256 g/mol. The molecule has 92 valence electrons. The Morgan fingerprint density at radius 2 is 2.18 bits per heavy atom. The number of rotatable bonds is 4. The second-order valence-corrected chi connectivity index (χ2v) is 5.22. The average molecular weight is 271 g/mol. The van der Waals surface area contributed by atoms with Gasteiger partial charge in [0.2, 0.25) is 0 Å². The summed E-state index contributed by atoms with van der Waals surface area (Å²) in [6.07, 6.45) is 0. The number of nitrogens with zero attached hydrogens (tertiary/aromatic N) is 1. The Labute approximate surface area is 111 Å². The first-order valence-electron chi connectivity index (χ1n) is 5.41. The zero-order chi connectivity index (χ0) is 12.3. The second-order valence-electron chi connectivity index (χ2n) is 3.90. The van der Waals surface area contributed by atoms with Crippen molar-refractivity contribution >= 4 is 28.5 Å². The third-order valence-corrected chi connectivity index (χ3v) is 4.22. The first kappa shape index (κ1) is 12.6. The van der Waals surface area contributed by atoms with Gasteiger partial charge in [-0.2, -0.15) is 0 Å². The van der Waals surface area contributed by atoms with Crippen LogP contribution in [0.2, 0.25) is 0 Å². The molecule has 1 unspecified atom stereocenters. The zero-order valence-electron chi connectivity index (χ0n) is 9.65. The van der Waals surface area contributed by atoms with E-state index in [0.717, 1.165) is 18.0 Å². The molecule has 2 rings (SSSR count). The Hall–Kier alpha value is -0.870. The molecule has 17 heavy (non-hydrogen) atoms. The molecule has 1 aromatic rings. The molecular formula is C12H15ClN2OS. The summed E-state index contributed by atoms with van der Waals surface area (Å²) in [5.74, 6) is 2.35. The van der Waals surface area contributed by atoms with Crippen LogP contribution in [0, 0.1) is 5.41 Å². The molecule has 0 spiro atoms. The van der Waals surface area contributed by atoms with Crippen molar-refractivity contribution in [3.05, 3.63) is 29.8 Å². The smallest absolute Gasteiger partial charge is 0.157 e. The third-order valence-electron chi connectivity index (χ3n) is 2.80. The predicted octanol–water partition coefficient (Wildman–Crippen LogP) is 2.79. The van der Waals surface area contributed by atoms with Crippen molar-refractivity contribution in [3.8, 4) is 5.75 Å². The number of hydrogen-bond donors (Lipinski definition) is 1. The van der Waals surface area contributed by atoms with Gasteiger partial charge in [-0.05, 0) is 17.7 Å². The summed E-state index contributed by atoms with van der Waals surface area (Å²) in [7, 11) is 1.66. The van der Waals surface area contributed by atoms with Gasteiger partial charge in [0, 0.05) is 18.2 Å². The van der Waals surface area contributed by atoms with Crippen LogP contribution < -0.4 is 4.74 Å². The second kappa shape index (κ2) is 5.65. The van der Waals surface area contributed by atoms with Crippen molar-refractivity contribution in [2.24, 2.45) is 0 Å². The first-order chi connectivity index (χ1) is 8.24. The number of thioether (sulfide) groups is 1. The van der Waals surface area contributed by atoms with Gasteiger partial charge in [-0.15, -0.1) is 11.6 Å². The number of benzene rings is 1. The van der Waals surface area contributed by atoms with E-state index in [1.54, 1.807) is 18.9 Å². The number of hydrogen-bond acceptors (Lipinski definition) is 3. The van der Waals surface area contributed by atoms with Crippen molar-refractivity contribution in [3.63, 3.8) is 0 Å². The molecule has 3 nitrogen and oxygen atoms in total. The topological polar surface area (TPSA) is 36.3 Å². The number of ether oxygens (including phenoxy) is 1. The monoisotopic (exact) mass is 270 g/mol. The summed E-state index contributed by atoms with van der Waals surface area (Å²) in [6.45, 7) is 0.743. The number of nitrogens with one attached hydrogen (secondary N) is 1. The summed E-state index contributed by atoms with van der Waals surface area (Å²) < 4.78 is 5.12. The Kier molecular flexibility index (Phi) is 4.18. The summed E-state index contributed by atoms with van der Waals surface area (Å²) >= 11 is 7.48. The molecule has 1 aromatic carbocycles. The van der Waals surface area contributed by atoms with Crippen LogP contribution in [0.3, 0.4) is 0 Å². The van der Waals surface area contributed by atoms with Crippen molar-refractivity contribution < 1.29 is 4.74 Å². The number of methoxy groups -OCH3 is 1. The zero-order valence-corrected chi connectivity index (χ0v) is 11.2. The molecule has 1 aliphatic heterocycles. The van der Waals surface area contributed by atoms with Crippen LogP contribution in [0.15, 0.2) is 24.3 Å². The Bertz CT molecular complexity index is 396. The van der Waals surface area contributed by atoms with Gasteiger partial charge in [0.25, 0.3) is 0 Å². The van der Waals surface area contributed by atoms with E-state index in [2.05, 4.69) is 4.90 Å². The molecule has 1 N–H and O–H groups in total. The van der Waals surface area contributed by atoms with E-state index in [4.69, 9.17) is 21.7 Å². The van der Waals surface area contributed by atoms with Crippen LogP contribution in [0.4, 0.5) is 0 Å². The molecule has 0 aliphatic carbocycles. The number of amidine groups is 1. The van der Waals surface area contributed by atoms with Crippen molar-refractivity contribution in [2.45, 2.75) is 12.6 Å². The predicted molar refractivity (Wildman–Crippen MR) is 73.2 cm³/mol. The molecule has 0 aromatic heterocycles. The van der Waals surface area contributed by atoms with E-state index in [1.165, 1.54) is 5.56 Å². The first-order valence-corrected chi connectivity index (χ1v) is 6.93. The van der Waals surface area contributed by atoms with Gasteiger partial charge >= 0.3 is 0 Å². The van der Waals surface area contributed by atoms with Crippen LogP contribution >= 0.6 is 23.4 Å². The molecule has 5 heteroatoms. The maximum Gasteiger partial charge on any atom is 0.157 e. The van der Waals surface area contributed by atoms with Crippen molar-refractivity contribution in [2.75, 3.05) is 18.7 Å². The minimum atomic E-state index is 0.274. The average Bonchev–Trinajstić information content (AvgIpc) is 2.71. The van der Waals surface area contributed by atoms with E-state index < -0.39 is 0 Å². The largest absolute Gasteiger partial charge is 0.497 e. The molecule has 1 aliphatic rings. The van der Waals surface area contributed by atoms with E-state index >= 15 is 0 Å². The summed E-state index contributed by atoms with van der Waals surface area (Å²) in [5.41, 5.74) is 1.17. The van der Waals surface area contributed by atoms with Crippen molar-refractivity contribution in [1.82, 2.24) is 4.90 Å². The van der Waals surface area contributed by atoms with Crippen LogP contribution in [-0.4, -0.2) is 34.9 Å². The van der Waals surface area contributed by atoms with E-state index in [-0.39, 0.29) is 6.04 Å². The van der Waals surface area contributed by atoms with E-state index in [9.17, 15) is 0 Å². The maximum atomic E-state index is 7.87. The SMILES string of the molecule is COc1ccc(CN2C(=N)SCC2CCl)cc1. The number of alkyl halides is 1. The summed E-state index contributed by atoms with van der Waals surface area (Å²) in [6, 6.07) is 8.22. The van der Waals surface area contributed by atoms with Crippen LogP contribution in [0.25, 0.3) is 0 Å². The lowest BCUT2D eigenvalue weighted by atomic mass is 10.2. The van der Waals surface area contributed by atoms with Gasteiger partial charge in [-0.25, -0.2) is 0 Å². The molecule has 1 heterocycles. The summed E-state index contributed by atoms with van der Waals surface area (Å²) in [5, 5.41) is 8.49. The maximum absolute atomic E-state index is 7.87. The van der Waals surface area contributed by atoms with Gasteiger partial charge in [-0.3, -0.25) is 5.41 Å². The quantitative estimate of drug-likeness (QED) is 0.855. The molecule has 1 saturated heterocycles. The van der Waals surface area contributed by atoms with E-state index in [1.807, 2.05) is 24.3 Å². The molecule has 1 fully saturated rings. The molecule has 0 radical (unpaired) electrons. The van der Waals surface area contributed by atoms with Crippen LogP contribution in [-0.2, 0) is 6.54 Å². The van der Waals surface area contributed by atoms with Gasteiger partial charge < -0.3 is 9.64 Å². The fraction of sp³-hybridized carbons (Fsp3) is 0.417. The molecule has 0 amide bonds. The van der Waals surface area contributed by atoms with Crippen molar-refractivity contribution in [1.29, 1.82) is 5.41 Å². The minimum absolute atomic E-state index is 0.274. The minimum Gasteiger partial charge on any atom is -0.497 e. The third kappa shape index (κ3) is 2.87. The highest BCUT2D eigenvalue weighted by molar-refractivity contribution is 8.14. The van der Waals surface area contributed by atoms with Gasteiger partial charge in [0.05, 0.1) is 13.2 Å². The lowest BCUT2D eigenvalue weighted by Gasteiger charge is -2.23. The Balaban J connectivity index is 2.06.